The van der Waals surface area contributed by atoms with Crippen molar-refractivity contribution in [1.29, 1.82) is 0 Å². The van der Waals surface area contributed by atoms with E-state index in [0.29, 0.717) is 13.0 Å². The van der Waals surface area contributed by atoms with Gasteiger partial charge in [0.15, 0.2) is 8.32 Å². The predicted octanol–water partition coefficient (Wildman–Crippen LogP) is 5.29. The highest BCUT2D eigenvalue weighted by Gasteiger charge is 2.38. The maximum atomic E-state index is 11.9. The topological polar surface area (TPSA) is 44.8 Å². The fraction of sp³-hybridized carbons (Fsp3) is 0.824. The number of rotatable bonds is 6. The van der Waals surface area contributed by atoms with Crippen molar-refractivity contribution in [3.63, 3.8) is 0 Å². The van der Waals surface area contributed by atoms with Crippen molar-refractivity contribution in [1.82, 2.24) is 0 Å². The maximum absolute atomic E-state index is 11.9. The average Bonchev–Trinajstić information content (AvgIpc) is 2.20. The van der Waals surface area contributed by atoms with E-state index in [1.165, 1.54) is 0 Å². The largest absolute Gasteiger partial charge is 0.509 e. The molecule has 0 aliphatic carbocycles. The van der Waals surface area contributed by atoms with Crippen LogP contribution in [0.25, 0.3) is 0 Å². The Hall–Kier alpha value is -0.813. The fourth-order valence-corrected chi connectivity index (χ4v) is 2.49. The summed E-state index contributed by atoms with van der Waals surface area (Å²) in [5.41, 5.74) is 0.387. The van der Waals surface area contributed by atoms with Crippen LogP contribution < -0.4 is 0 Å². The Bertz CT molecular complexity index is 388. The molecule has 0 radical (unpaired) electrons. The van der Waals surface area contributed by atoms with E-state index >= 15 is 0 Å². The third kappa shape index (κ3) is 8.59. The quantitative estimate of drug-likeness (QED) is 0.377. The fourth-order valence-electron chi connectivity index (χ4n) is 1.45. The van der Waals surface area contributed by atoms with Gasteiger partial charge in [0, 0.05) is 6.42 Å². The van der Waals surface area contributed by atoms with Gasteiger partial charge in [-0.05, 0) is 45.8 Å². The van der Waals surface area contributed by atoms with E-state index in [0.717, 1.165) is 5.57 Å². The number of carbonyl (C=O) groups excluding carboxylic acids is 1. The first-order chi connectivity index (χ1) is 9.64. The molecule has 4 nitrogen and oxygen atoms in total. The first-order valence-corrected chi connectivity index (χ1v) is 10.7. The Morgan fingerprint density at radius 3 is 2.00 bits per heavy atom. The summed E-state index contributed by atoms with van der Waals surface area (Å²) in [5.74, 6) is 0. The summed E-state index contributed by atoms with van der Waals surface area (Å²) < 4.78 is 16.8. The second kappa shape index (κ2) is 7.64. The van der Waals surface area contributed by atoms with E-state index in [1.807, 2.05) is 27.7 Å². The molecule has 0 amide bonds. The molecule has 0 aliphatic heterocycles. The molecule has 0 saturated heterocycles. The molecule has 0 N–H and O–H groups in total. The van der Waals surface area contributed by atoms with Gasteiger partial charge in [0.2, 0.25) is 0 Å². The lowest BCUT2D eigenvalue weighted by molar-refractivity contribution is -0.0362. The van der Waals surface area contributed by atoms with E-state index in [9.17, 15) is 4.79 Å². The van der Waals surface area contributed by atoms with Crippen molar-refractivity contribution < 1.29 is 18.7 Å². The SMILES string of the molecule is C=C(C)C[C@H](CO[Si](C)(C)C(C)(C)C)OC(=O)OC(C)(C)C. The highest BCUT2D eigenvalue weighted by molar-refractivity contribution is 6.74. The number of hydrogen-bond donors (Lipinski definition) is 0. The molecule has 0 aromatic carbocycles. The van der Waals surface area contributed by atoms with Gasteiger partial charge in [-0.2, -0.15) is 0 Å². The summed E-state index contributed by atoms with van der Waals surface area (Å²) in [6, 6.07) is 0. The van der Waals surface area contributed by atoms with Crippen LogP contribution in [0.1, 0.15) is 54.9 Å². The summed E-state index contributed by atoms with van der Waals surface area (Å²) in [5, 5.41) is 0.118. The van der Waals surface area contributed by atoms with E-state index in [-0.39, 0.29) is 11.1 Å². The maximum Gasteiger partial charge on any atom is 0.509 e. The van der Waals surface area contributed by atoms with Gasteiger partial charge in [0.1, 0.15) is 11.7 Å². The van der Waals surface area contributed by atoms with Crippen LogP contribution in [-0.2, 0) is 13.9 Å². The molecule has 0 aliphatic rings. The zero-order chi connectivity index (χ0) is 17.8. The molecule has 0 spiro atoms. The Labute approximate surface area is 137 Å². The van der Waals surface area contributed by atoms with Crippen LogP contribution in [0.4, 0.5) is 4.79 Å². The van der Waals surface area contributed by atoms with Crippen LogP contribution in [0.5, 0.6) is 0 Å². The smallest absolute Gasteiger partial charge is 0.429 e. The Balaban J connectivity index is 4.73. The molecule has 0 heterocycles. The molecule has 130 valence electrons. The minimum absolute atomic E-state index is 0.118. The Morgan fingerprint density at radius 2 is 1.64 bits per heavy atom. The van der Waals surface area contributed by atoms with Crippen molar-refractivity contribution in [2.24, 2.45) is 0 Å². The molecule has 0 rings (SSSR count). The number of ether oxygens (including phenoxy) is 2. The highest BCUT2D eigenvalue weighted by atomic mass is 28.4. The van der Waals surface area contributed by atoms with Gasteiger partial charge in [-0.15, -0.1) is 6.58 Å². The molecule has 0 aromatic heterocycles. The van der Waals surface area contributed by atoms with Gasteiger partial charge in [0.05, 0.1) is 6.61 Å². The van der Waals surface area contributed by atoms with Gasteiger partial charge < -0.3 is 13.9 Å². The van der Waals surface area contributed by atoms with Crippen molar-refractivity contribution in [2.75, 3.05) is 6.61 Å². The molecule has 5 heteroatoms. The highest BCUT2D eigenvalue weighted by Crippen LogP contribution is 2.36. The van der Waals surface area contributed by atoms with Crippen LogP contribution in [0.2, 0.25) is 18.1 Å². The predicted molar refractivity (Wildman–Crippen MR) is 93.7 cm³/mol. The van der Waals surface area contributed by atoms with E-state index in [1.54, 1.807) is 0 Å². The summed E-state index contributed by atoms with van der Waals surface area (Å²) in [7, 11) is -1.88. The number of hydrogen-bond acceptors (Lipinski definition) is 4. The molecule has 1 atom stereocenters. The second-order valence-electron chi connectivity index (χ2n) is 8.44. The molecule has 0 unspecified atom stereocenters. The van der Waals surface area contributed by atoms with Crippen LogP contribution in [-0.4, -0.2) is 32.8 Å². The molecule has 0 aromatic rings. The van der Waals surface area contributed by atoms with Gasteiger partial charge in [0.25, 0.3) is 0 Å². The zero-order valence-corrected chi connectivity index (χ0v) is 16.8. The number of carbonyl (C=O) groups is 1. The molecular weight excluding hydrogens is 296 g/mol. The first kappa shape index (κ1) is 21.2. The van der Waals surface area contributed by atoms with Crippen molar-refractivity contribution in [3.05, 3.63) is 12.2 Å². The van der Waals surface area contributed by atoms with Gasteiger partial charge in [-0.25, -0.2) is 4.79 Å². The molecule has 0 saturated carbocycles. The molecule has 22 heavy (non-hydrogen) atoms. The minimum Gasteiger partial charge on any atom is -0.429 e. The summed E-state index contributed by atoms with van der Waals surface area (Å²) in [6.45, 7) is 22.5. The van der Waals surface area contributed by atoms with Crippen LogP contribution in [0.3, 0.4) is 0 Å². The summed E-state index contributed by atoms with van der Waals surface area (Å²) >= 11 is 0. The van der Waals surface area contributed by atoms with Gasteiger partial charge in [-0.1, -0.05) is 26.3 Å². The van der Waals surface area contributed by atoms with Crippen molar-refractivity contribution in [2.45, 2.75) is 84.7 Å². The van der Waals surface area contributed by atoms with Crippen molar-refractivity contribution in [3.8, 4) is 0 Å². The molecule has 0 bridgehead atoms. The minimum atomic E-state index is -1.88. The lowest BCUT2D eigenvalue weighted by Crippen LogP contribution is -2.43. The van der Waals surface area contributed by atoms with Crippen LogP contribution in [0, 0.1) is 0 Å². The second-order valence-corrected chi connectivity index (χ2v) is 13.2. The zero-order valence-electron chi connectivity index (χ0n) is 15.8. The normalized spacial score (nSPS) is 14.4. The van der Waals surface area contributed by atoms with E-state index in [4.69, 9.17) is 13.9 Å². The van der Waals surface area contributed by atoms with Crippen LogP contribution >= 0.6 is 0 Å². The van der Waals surface area contributed by atoms with Crippen molar-refractivity contribution >= 4 is 14.5 Å². The monoisotopic (exact) mass is 330 g/mol. The third-order valence-electron chi connectivity index (χ3n) is 3.66. The Morgan fingerprint density at radius 1 is 1.14 bits per heavy atom. The van der Waals surface area contributed by atoms with E-state index < -0.39 is 20.1 Å². The average molecular weight is 331 g/mol. The van der Waals surface area contributed by atoms with Crippen LogP contribution in [0.15, 0.2) is 12.2 Å². The van der Waals surface area contributed by atoms with Gasteiger partial charge >= 0.3 is 6.16 Å². The lowest BCUT2D eigenvalue weighted by atomic mass is 10.1. The summed E-state index contributed by atoms with van der Waals surface area (Å²) in [6.07, 6.45) is -0.438. The third-order valence-corrected chi connectivity index (χ3v) is 8.17. The first-order valence-electron chi connectivity index (χ1n) is 7.82. The molecular formula is C17H34O4Si. The van der Waals surface area contributed by atoms with Gasteiger partial charge in [-0.3, -0.25) is 0 Å². The van der Waals surface area contributed by atoms with E-state index in [2.05, 4.69) is 40.4 Å². The Kier molecular flexibility index (Phi) is 7.36. The lowest BCUT2D eigenvalue weighted by Gasteiger charge is -2.37. The summed E-state index contributed by atoms with van der Waals surface area (Å²) in [4.78, 5) is 11.9. The standard InChI is InChI=1S/C17H34O4Si/c1-13(2)11-14(20-15(18)21-16(3,4)5)12-19-22(9,10)17(6,7)8/h14H,1,11-12H2,2-10H3/t14-/m1/s1. The molecule has 0 fully saturated rings.